The first-order valence-electron chi connectivity index (χ1n) is 9.26. The Balaban J connectivity index is 1.46. The maximum Gasteiger partial charge on any atom is 0.422 e. The van der Waals surface area contributed by atoms with Crippen LogP contribution in [0.5, 0.6) is 11.5 Å². The molecule has 0 saturated carbocycles. The van der Waals surface area contributed by atoms with Crippen molar-refractivity contribution < 1.29 is 23.8 Å². The lowest BCUT2D eigenvalue weighted by molar-refractivity contribution is -0.162. The number of para-hydroxylation sites is 1. The highest BCUT2D eigenvalue weighted by molar-refractivity contribution is 6.30. The molecule has 0 aromatic heterocycles. The maximum absolute atomic E-state index is 11.7. The lowest BCUT2D eigenvalue weighted by atomic mass is 10.1. The number of carbonyl (C=O) groups is 2. The molecular weight excluding hydrogens is 370 g/mol. The molecule has 1 N–H and O–H groups in total. The second-order valence-corrected chi connectivity index (χ2v) is 7.04. The van der Waals surface area contributed by atoms with Gasteiger partial charge >= 0.3 is 11.9 Å². The fourth-order valence-corrected chi connectivity index (χ4v) is 2.78. The predicted octanol–water partition coefficient (Wildman–Crippen LogP) is 3.69. The van der Waals surface area contributed by atoms with Crippen LogP contribution in [-0.4, -0.2) is 30.8 Å². The minimum atomic E-state index is -1.07. The highest BCUT2D eigenvalue weighted by atomic mass is 16.6. The highest BCUT2D eigenvalue weighted by Crippen LogP contribution is 2.28. The molecule has 3 aromatic carbocycles. The quantitative estimate of drug-likeness (QED) is 0.217. The van der Waals surface area contributed by atoms with Crippen LogP contribution in [0.25, 0.3) is 10.8 Å². The molecule has 0 spiro atoms. The van der Waals surface area contributed by atoms with E-state index >= 15 is 0 Å². The van der Waals surface area contributed by atoms with Crippen LogP contribution < -0.4 is 14.8 Å². The molecule has 6 heteroatoms. The van der Waals surface area contributed by atoms with Gasteiger partial charge in [-0.25, -0.2) is 9.59 Å². The van der Waals surface area contributed by atoms with E-state index in [-0.39, 0.29) is 12.5 Å². The van der Waals surface area contributed by atoms with Gasteiger partial charge in [0.2, 0.25) is 0 Å². The second kappa shape index (κ2) is 9.21. The number of esters is 2. The van der Waals surface area contributed by atoms with Crippen LogP contribution in [0.4, 0.5) is 0 Å². The summed E-state index contributed by atoms with van der Waals surface area (Å²) in [6.07, 6.45) is 0. The zero-order valence-electron chi connectivity index (χ0n) is 16.4. The van der Waals surface area contributed by atoms with E-state index in [0.717, 1.165) is 16.5 Å². The van der Waals surface area contributed by atoms with Gasteiger partial charge in [0.05, 0.1) is 0 Å². The van der Waals surface area contributed by atoms with E-state index < -0.39 is 17.5 Å². The van der Waals surface area contributed by atoms with Gasteiger partial charge < -0.3 is 14.2 Å². The summed E-state index contributed by atoms with van der Waals surface area (Å²) in [5, 5.41) is 5.09. The van der Waals surface area contributed by atoms with Crippen molar-refractivity contribution in [1.82, 2.24) is 5.32 Å². The van der Waals surface area contributed by atoms with E-state index in [4.69, 9.17) is 14.2 Å². The first-order valence-corrected chi connectivity index (χ1v) is 9.26. The van der Waals surface area contributed by atoms with Crippen LogP contribution in [0.3, 0.4) is 0 Å². The van der Waals surface area contributed by atoms with Gasteiger partial charge in [0.1, 0.15) is 23.8 Å². The molecule has 6 nitrogen and oxygen atoms in total. The average Bonchev–Trinajstić information content (AvgIpc) is 2.72. The van der Waals surface area contributed by atoms with E-state index in [1.54, 1.807) is 30.3 Å². The van der Waals surface area contributed by atoms with Gasteiger partial charge in [0.15, 0.2) is 0 Å². The largest absolute Gasteiger partial charge is 0.486 e. The Kier molecular flexibility index (Phi) is 6.46. The zero-order valence-corrected chi connectivity index (χ0v) is 16.4. The summed E-state index contributed by atoms with van der Waals surface area (Å²) in [6, 6.07) is 22.2. The molecule has 0 unspecified atom stereocenters. The molecule has 150 valence electrons. The Morgan fingerprint density at radius 2 is 1.55 bits per heavy atom. The molecule has 29 heavy (non-hydrogen) atoms. The summed E-state index contributed by atoms with van der Waals surface area (Å²) < 4.78 is 16.0. The van der Waals surface area contributed by atoms with Crippen LogP contribution >= 0.6 is 0 Å². The first kappa shape index (κ1) is 20.4. The second-order valence-electron chi connectivity index (χ2n) is 7.04. The number of nitrogens with one attached hydrogen (secondary N) is 1. The normalized spacial score (nSPS) is 11.1. The SMILES string of the molecule is CC(C)(CNCOC(=O)C(=O)Oc1ccccc1)Oc1cccc2ccccc12. The lowest BCUT2D eigenvalue weighted by Crippen LogP contribution is -2.41. The van der Waals surface area contributed by atoms with Gasteiger partial charge in [-0.2, -0.15) is 0 Å². The minimum absolute atomic E-state index is 0.134. The van der Waals surface area contributed by atoms with E-state index in [1.807, 2.05) is 56.3 Å². The third-order valence-electron chi connectivity index (χ3n) is 4.11. The summed E-state index contributed by atoms with van der Waals surface area (Å²) in [4.78, 5) is 23.5. The summed E-state index contributed by atoms with van der Waals surface area (Å²) in [5.74, 6) is -1.07. The van der Waals surface area contributed by atoms with Crippen molar-refractivity contribution in [2.45, 2.75) is 19.4 Å². The van der Waals surface area contributed by atoms with Crippen molar-refractivity contribution in [3.8, 4) is 11.5 Å². The molecule has 0 radical (unpaired) electrons. The number of hydrogen-bond donors (Lipinski definition) is 1. The fourth-order valence-electron chi connectivity index (χ4n) is 2.78. The number of hydrogen-bond acceptors (Lipinski definition) is 6. The molecule has 0 aliphatic carbocycles. The third-order valence-corrected chi connectivity index (χ3v) is 4.11. The van der Waals surface area contributed by atoms with Gasteiger partial charge in [-0.3, -0.25) is 5.32 Å². The van der Waals surface area contributed by atoms with Crippen LogP contribution in [0.1, 0.15) is 13.8 Å². The van der Waals surface area contributed by atoms with Gasteiger partial charge in [0, 0.05) is 11.9 Å². The van der Waals surface area contributed by atoms with E-state index in [0.29, 0.717) is 6.54 Å². The van der Waals surface area contributed by atoms with Crippen LogP contribution in [0.2, 0.25) is 0 Å². The van der Waals surface area contributed by atoms with Crippen LogP contribution in [-0.2, 0) is 14.3 Å². The maximum atomic E-state index is 11.7. The number of ether oxygens (including phenoxy) is 3. The molecule has 3 aromatic rings. The molecule has 0 aliphatic rings. The van der Waals surface area contributed by atoms with Gasteiger partial charge in [-0.15, -0.1) is 0 Å². The fraction of sp³-hybridized carbons (Fsp3) is 0.217. The molecule has 0 heterocycles. The minimum Gasteiger partial charge on any atom is -0.486 e. The highest BCUT2D eigenvalue weighted by Gasteiger charge is 2.22. The van der Waals surface area contributed by atoms with Crippen molar-refractivity contribution in [2.75, 3.05) is 13.3 Å². The van der Waals surface area contributed by atoms with Crippen LogP contribution in [0, 0.1) is 0 Å². The molecule has 0 fully saturated rings. The molecule has 0 saturated heterocycles. The van der Waals surface area contributed by atoms with Gasteiger partial charge in [-0.05, 0) is 37.4 Å². The topological polar surface area (TPSA) is 73.9 Å². The smallest absolute Gasteiger partial charge is 0.422 e. The Morgan fingerprint density at radius 3 is 2.34 bits per heavy atom. The summed E-state index contributed by atoms with van der Waals surface area (Å²) >= 11 is 0. The van der Waals surface area contributed by atoms with Crippen LogP contribution in [0.15, 0.2) is 72.8 Å². The molecule has 0 amide bonds. The number of benzene rings is 3. The number of carbonyl (C=O) groups excluding carboxylic acids is 2. The summed E-state index contributed by atoms with van der Waals surface area (Å²) in [5.41, 5.74) is -0.568. The molecule has 3 rings (SSSR count). The van der Waals surface area contributed by atoms with Gasteiger partial charge in [-0.1, -0.05) is 54.6 Å². The molecule has 0 bridgehead atoms. The molecule has 0 atom stereocenters. The summed E-state index contributed by atoms with van der Waals surface area (Å²) in [6.45, 7) is 4.11. The average molecular weight is 393 g/mol. The van der Waals surface area contributed by atoms with E-state index in [1.165, 1.54) is 0 Å². The first-order chi connectivity index (χ1) is 13.9. The third kappa shape index (κ3) is 5.80. The van der Waals surface area contributed by atoms with E-state index in [9.17, 15) is 9.59 Å². The Morgan fingerprint density at radius 1 is 0.862 bits per heavy atom. The lowest BCUT2D eigenvalue weighted by Gasteiger charge is -2.27. The summed E-state index contributed by atoms with van der Waals surface area (Å²) in [7, 11) is 0. The van der Waals surface area contributed by atoms with Gasteiger partial charge in [0.25, 0.3) is 0 Å². The standard InChI is InChI=1S/C23H23NO5/c1-23(2,29-20-14-8-10-17-9-6-7-13-19(17)20)15-24-16-27-21(25)22(26)28-18-11-4-3-5-12-18/h3-14,24H,15-16H2,1-2H3. The van der Waals surface area contributed by atoms with Crippen molar-refractivity contribution in [2.24, 2.45) is 0 Å². The van der Waals surface area contributed by atoms with Crippen molar-refractivity contribution in [3.05, 3.63) is 72.8 Å². The number of rotatable bonds is 7. The molecular formula is C23H23NO5. The molecule has 0 aliphatic heterocycles. The Hall–Kier alpha value is -3.38. The Bertz CT molecular complexity index is 979. The Labute approximate surface area is 169 Å². The number of fused-ring (bicyclic) bond motifs is 1. The monoisotopic (exact) mass is 393 g/mol. The van der Waals surface area contributed by atoms with Crippen molar-refractivity contribution in [3.63, 3.8) is 0 Å². The predicted molar refractivity (Wildman–Crippen MR) is 110 cm³/mol. The van der Waals surface area contributed by atoms with Crippen molar-refractivity contribution in [1.29, 1.82) is 0 Å². The van der Waals surface area contributed by atoms with E-state index in [2.05, 4.69) is 5.32 Å². The van der Waals surface area contributed by atoms with Crippen molar-refractivity contribution >= 4 is 22.7 Å². The zero-order chi connectivity index (χ0) is 20.7.